The molecule has 2 atom stereocenters. The molecule has 1 aliphatic rings. The fourth-order valence-corrected chi connectivity index (χ4v) is 4.56. The topological polar surface area (TPSA) is 99.2 Å². The van der Waals surface area contributed by atoms with Crippen LogP contribution in [0.15, 0.2) is 25.0 Å². The molecule has 5 rings (SSSR count). The van der Waals surface area contributed by atoms with Crippen molar-refractivity contribution < 1.29 is 0 Å². The second-order valence-electron chi connectivity index (χ2n) is 8.87. The van der Waals surface area contributed by atoms with E-state index in [1.165, 1.54) is 11.4 Å². The second kappa shape index (κ2) is 7.96. The van der Waals surface area contributed by atoms with Crippen molar-refractivity contribution in [3.05, 3.63) is 42.3 Å². The van der Waals surface area contributed by atoms with Crippen molar-refractivity contribution in [1.29, 1.82) is 0 Å². The molecule has 0 bridgehead atoms. The number of hydrogen-bond donors (Lipinski definition) is 1. The highest BCUT2D eigenvalue weighted by molar-refractivity contribution is 5.86. The SMILES string of the molecule is CCn1c(-c2cnc(C)nc2)nc2c(N[C@H]3Cc4c(ncn4C(C)C)C[C@@H]3C)ncnc21. The van der Waals surface area contributed by atoms with Crippen molar-refractivity contribution in [3.63, 3.8) is 0 Å². The molecular formula is C23H29N9. The van der Waals surface area contributed by atoms with E-state index in [9.17, 15) is 0 Å². The standard InChI is InChI=1S/C23H29N9/c1-6-31-22(16-9-24-15(5)25-10-16)30-20-21(26-11-27-23(20)31)29-17-8-19-18(7-14(17)4)28-12-32(19)13(2)3/h9-14,17H,6-8H2,1-5H3,(H,26,27,29)/t14-,17-/m0/s1. The van der Waals surface area contributed by atoms with Gasteiger partial charge < -0.3 is 14.5 Å². The molecule has 4 aromatic heterocycles. The number of nitrogens with one attached hydrogen (secondary N) is 1. The van der Waals surface area contributed by atoms with Crippen molar-refractivity contribution in [2.45, 2.75) is 66.1 Å². The maximum absolute atomic E-state index is 4.93. The molecule has 1 N–H and O–H groups in total. The van der Waals surface area contributed by atoms with Gasteiger partial charge in [0.05, 0.1) is 17.6 Å². The van der Waals surface area contributed by atoms with Crippen LogP contribution in [0.1, 0.15) is 50.9 Å². The molecule has 9 nitrogen and oxygen atoms in total. The van der Waals surface area contributed by atoms with Crippen LogP contribution in [0, 0.1) is 12.8 Å². The highest BCUT2D eigenvalue weighted by atomic mass is 15.2. The minimum atomic E-state index is 0.243. The van der Waals surface area contributed by atoms with Gasteiger partial charge >= 0.3 is 0 Å². The Morgan fingerprint density at radius 2 is 1.88 bits per heavy atom. The summed E-state index contributed by atoms with van der Waals surface area (Å²) >= 11 is 0. The van der Waals surface area contributed by atoms with E-state index in [0.717, 1.165) is 53.6 Å². The fourth-order valence-electron chi connectivity index (χ4n) is 4.56. The molecule has 4 aromatic rings. The van der Waals surface area contributed by atoms with Gasteiger partial charge in [-0.15, -0.1) is 0 Å². The average molecular weight is 432 g/mol. The van der Waals surface area contributed by atoms with Crippen molar-refractivity contribution >= 4 is 17.0 Å². The summed E-state index contributed by atoms with van der Waals surface area (Å²) < 4.78 is 4.37. The summed E-state index contributed by atoms with van der Waals surface area (Å²) in [4.78, 5) is 27.4. The lowest BCUT2D eigenvalue weighted by Gasteiger charge is -2.31. The van der Waals surface area contributed by atoms with Crippen LogP contribution >= 0.6 is 0 Å². The Kier molecular flexibility index (Phi) is 5.11. The summed E-state index contributed by atoms with van der Waals surface area (Å²) in [6, 6.07) is 0.637. The van der Waals surface area contributed by atoms with E-state index in [4.69, 9.17) is 4.98 Å². The van der Waals surface area contributed by atoms with E-state index in [2.05, 4.69) is 67.1 Å². The van der Waals surface area contributed by atoms with E-state index in [0.29, 0.717) is 12.0 Å². The van der Waals surface area contributed by atoms with Gasteiger partial charge in [-0.3, -0.25) is 0 Å². The molecule has 0 saturated heterocycles. The summed E-state index contributed by atoms with van der Waals surface area (Å²) in [5, 5.41) is 3.70. The third-order valence-electron chi connectivity index (χ3n) is 6.36. The predicted octanol–water partition coefficient (Wildman–Crippen LogP) is 3.60. The number of nitrogens with zero attached hydrogens (tertiary/aromatic N) is 8. The molecule has 0 saturated carbocycles. The number of anilines is 1. The zero-order valence-corrected chi connectivity index (χ0v) is 19.2. The van der Waals surface area contributed by atoms with Crippen molar-refractivity contribution in [2.75, 3.05) is 5.32 Å². The van der Waals surface area contributed by atoms with Crippen LogP contribution in [0.5, 0.6) is 0 Å². The van der Waals surface area contributed by atoms with Crippen LogP contribution in [0.3, 0.4) is 0 Å². The summed E-state index contributed by atoms with van der Waals surface area (Å²) in [6.07, 6.45) is 9.09. The zero-order valence-electron chi connectivity index (χ0n) is 19.2. The van der Waals surface area contributed by atoms with Gasteiger partial charge in [0.25, 0.3) is 0 Å². The lowest BCUT2D eigenvalue weighted by molar-refractivity contribution is 0.426. The smallest absolute Gasteiger partial charge is 0.165 e. The highest BCUT2D eigenvalue weighted by Gasteiger charge is 2.30. The van der Waals surface area contributed by atoms with E-state index < -0.39 is 0 Å². The van der Waals surface area contributed by atoms with Crippen LogP contribution in [-0.4, -0.2) is 45.1 Å². The predicted molar refractivity (Wildman–Crippen MR) is 123 cm³/mol. The fraction of sp³-hybridized carbons (Fsp3) is 0.478. The lowest BCUT2D eigenvalue weighted by Crippen LogP contribution is -2.36. The van der Waals surface area contributed by atoms with Gasteiger partial charge in [-0.1, -0.05) is 6.92 Å². The first-order valence-corrected chi connectivity index (χ1v) is 11.3. The van der Waals surface area contributed by atoms with Crippen LogP contribution in [0.4, 0.5) is 5.82 Å². The third kappa shape index (κ3) is 3.41. The molecule has 1 aliphatic carbocycles. The maximum Gasteiger partial charge on any atom is 0.165 e. The average Bonchev–Trinajstić information content (AvgIpc) is 3.36. The Balaban J connectivity index is 1.52. The first kappa shape index (κ1) is 20.5. The molecule has 0 spiro atoms. The molecule has 32 heavy (non-hydrogen) atoms. The number of aryl methyl sites for hydroxylation is 2. The van der Waals surface area contributed by atoms with Crippen LogP contribution < -0.4 is 5.32 Å². The Morgan fingerprint density at radius 3 is 2.59 bits per heavy atom. The first-order chi connectivity index (χ1) is 15.5. The molecular weight excluding hydrogens is 402 g/mol. The molecule has 166 valence electrons. The highest BCUT2D eigenvalue weighted by Crippen LogP contribution is 2.31. The number of hydrogen-bond acceptors (Lipinski definition) is 7. The Hall–Kier alpha value is -3.36. The number of fused-ring (bicyclic) bond motifs is 2. The molecule has 0 unspecified atom stereocenters. The van der Waals surface area contributed by atoms with Gasteiger partial charge in [0.1, 0.15) is 18.0 Å². The third-order valence-corrected chi connectivity index (χ3v) is 6.36. The minimum absolute atomic E-state index is 0.243. The maximum atomic E-state index is 4.93. The number of aromatic nitrogens is 8. The van der Waals surface area contributed by atoms with E-state index in [1.807, 2.05) is 25.6 Å². The van der Waals surface area contributed by atoms with Crippen LogP contribution in [-0.2, 0) is 19.4 Å². The minimum Gasteiger partial charge on any atom is -0.365 e. The molecule has 0 aliphatic heterocycles. The number of imidazole rings is 2. The van der Waals surface area contributed by atoms with Gasteiger partial charge in [-0.05, 0) is 40.0 Å². The van der Waals surface area contributed by atoms with Gasteiger partial charge in [-0.25, -0.2) is 29.9 Å². The largest absolute Gasteiger partial charge is 0.365 e. The van der Waals surface area contributed by atoms with Crippen molar-refractivity contribution in [2.24, 2.45) is 5.92 Å². The summed E-state index contributed by atoms with van der Waals surface area (Å²) in [6.45, 7) is 11.4. The normalized spacial score (nSPS) is 18.3. The van der Waals surface area contributed by atoms with E-state index in [-0.39, 0.29) is 6.04 Å². The van der Waals surface area contributed by atoms with Crippen molar-refractivity contribution in [1.82, 2.24) is 39.0 Å². The van der Waals surface area contributed by atoms with E-state index >= 15 is 0 Å². The van der Waals surface area contributed by atoms with Gasteiger partial charge in [-0.2, -0.15) is 0 Å². The molecule has 9 heteroatoms. The van der Waals surface area contributed by atoms with Crippen molar-refractivity contribution in [3.8, 4) is 11.4 Å². The Labute approximate surface area is 187 Å². The molecule has 0 radical (unpaired) electrons. The summed E-state index contributed by atoms with van der Waals surface area (Å²) in [7, 11) is 0. The Bertz CT molecular complexity index is 1250. The van der Waals surface area contributed by atoms with Crippen LogP contribution in [0.2, 0.25) is 0 Å². The van der Waals surface area contributed by atoms with Gasteiger partial charge in [0.2, 0.25) is 0 Å². The van der Waals surface area contributed by atoms with Gasteiger partial charge in [0, 0.05) is 43.1 Å². The molecule has 0 amide bonds. The lowest BCUT2D eigenvalue weighted by atomic mass is 9.86. The second-order valence-corrected chi connectivity index (χ2v) is 8.87. The Morgan fingerprint density at radius 1 is 1.09 bits per heavy atom. The molecule has 0 fully saturated rings. The van der Waals surface area contributed by atoms with E-state index in [1.54, 1.807) is 6.33 Å². The van der Waals surface area contributed by atoms with Gasteiger partial charge in [0.15, 0.2) is 17.0 Å². The summed E-state index contributed by atoms with van der Waals surface area (Å²) in [5.74, 6) is 2.75. The van der Waals surface area contributed by atoms with Crippen LogP contribution in [0.25, 0.3) is 22.6 Å². The number of rotatable bonds is 5. The first-order valence-electron chi connectivity index (χ1n) is 11.3. The quantitative estimate of drug-likeness (QED) is 0.515. The summed E-state index contributed by atoms with van der Waals surface area (Å²) in [5.41, 5.74) is 5.00. The molecule has 4 heterocycles. The zero-order chi connectivity index (χ0) is 22.4. The monoisotopic (exact) mass is 431 g/mol. The molecule has 0 aromatic carbocycles.